The van der Waals surface area contributed by atoms with Gasteiger partial charge in [-0.2, -0.15) is 13.2 Å². The normalized spacial score (nSPS) is 11.6. The van der Waals surface area contributed by atoms with Gasteiger partial charge in [-0.1, -0.05) is 43.6 Å². The molecule has 24 heavy (non-hydrogen) atoms. The van der Waals surface area contributed by atoms with E-state index in [1.54, 1.807) is 6.07 Å². The highest BCUT2D eigenvalue weighted by atomic mass is 35.5. The third-order valence-corrected chi connectivity index (χ3v) is 3.64. The van der Waals surface area contributed by atoms with Gasteiger partial charge in [-0.3, -0.25) is 0 Å². The summed E-state index contributed by atoms with van der Waals surface area (Å²) in [5, 5.41) is 0.0912. The van der Waals surface area contributed by atoms with Crippen LogP contribution in [0.2, 0.25) is 5.02 Å². The van der Waals surface area contributed by atoms with E-state index in [1.807, 2.05) is 13.8 Å². The molecule has 0 radical (unpaired) electrons. The lowest BCUT2D eigenvalue weighted by Gasteiger charge is -2.13. The smallest absolute Gasteiger partial charge is 0.416 e. The predicted octanol–water partition coefficient (Wildman–Crippen LogP) is 5.23. The molecule has 0 amide bonds. The van der Waals surface area contributed by atoms with Crippen LogP contribution in [0.1, 0.15) is 47.1 Å². The number of alkyl halides is 3. The minimum Gasteiger partial charge on any atom is -0.456 e. The number of nitrogens with zero attached hydrogens (tertiary/aromatic N) is 1. The molecule has 0 bridgehead atoms. The zero-order valence-electron chi connectivity index (χ0n) is 13.0. The number of halogens is 4. The monoisotopic (exact) mass is 357 g/mol. The number of hydrogen-bond donors (Lipinski definition) is 0. The predicted molar refractivity (Wildman–Crippen MR) is 83.9 cm³/mol. The summed E-state index contributed by atoms with van der Waals surface area (Å²) in [7, 11) is 0. The van der Waals surface area contributed by atoms with Crippen LogP contribution in [0.5, 0.6) is 0 Å². The molecule has 0 unspecified atom stereocenters. The van der Waals surface area contributed by atoms with Gasteiger partial charge >= 0.3 is 12.1 Å². The number of rotatable bonds is 4. The van der Waals surface area contributed by atoms with Crippen molar-refractivity contribution in [1.82, 2.24) is 4.98 Å². The summed E-state index contributed by atoms with van der Waals surface area (Å²) in [6, 6.07) is 8.12. The van der Waals surface area contributed by atoms with E-state index >= 15 is 0 Å². The van der Waals surface area contributed by atoms with E-state index in [0.29, 0.717) is 5.69 Å². The van der Waals surface area contributed by atoms with Crippen molar-refractivity contribution < 1.29 is 22.7 Å². The van der Waals surface area contributed by atoms with Gasteiger partial charge in [0, 0.05) is 11.3 Å². The number of esters is 1. The van der Waals surface area contributed by atoms with Crippen molar-refractivity contribution in [3.8, 4) is 0 Å². The standard InChI is InChI=1S/C17H15ClF3NO2/c1-10(2)14-8-7-13(18)15(22-14)16(23)24-9-11-5-3-4-6-12(11)17(19,20)21/h3-8,10H,9H2,1-2H3. The molecule has 0 fully saturated rings. The Hall–Kier alpha value is -2.08. The molecule has 0 saturated heterocycles. The molecule has 1 aromatic heterocycles. The van der Waals surface area contributed by atoms with Crippen molar-refractivity contribution in [3.63, 3.8) is 0 Å². The molecule has 0 saturated carbocycles. The van der Waals surface area contributed by atoms with Crippen molar-refractivity contribution in [3.05, 3.63) is 63.9 Å². The maximum Gasteiger partial charge on any atom is 0.416 e. The van der Waals surface area contributed by atoms with Gasteiger partial charge in [0.2, 0.25) is 0 Å². The Balaban J connectivity index is 2.19. The lowest BCUT2D eigenvalue weighted by molar-refractivity contribution is -0.138. The summed E-state index contributed by atoms with van der Waals surface area (Å²) in [6.45, 7) is 3.27. The molecule has 128 valence electrons. The van der Waals surface area contributed by atoms with Gasteiger partial charge < -0.3 is 4.74 Å². The summed E-state index contributed by atoms with van der Waals surface area (Å²) in [4.78, 5) is 16.3. The molecule has 0 spiro atoms. The first-order chi connectivity index (χ1) is 11.2. The van der Waals surface area contributed by atoms with Crippen molar-refractivity contribution in [2.45, 2.75) is 32.5 Å². The van der Waals surface area contributed by atoms with Crippen molar-refractivity contribution >= 4 is 17.6 Å². The van der Waals surface area contributed by atoms with Crippen LogP contribution in [0.15, 0.2) is 36.4 Å². The number of hydrogen-bond acceptors (Lipinski definition) is 3. The Kier molecular flexibility index (Phi) is 5.49. The van der Waals surface area contributed by atoms with E-state index in [-0.39, 0.29) is 22.2 Å². The average molecular weight is 358 g/mol. The van der Waals surface area contributed by atoms with Crippen molar-refractivity contribution in [2.24, 2.45) is 0 Å². The van der Waals surface area contributed by atoms with Crippen molar-refractivity contribution in [1.29, 1.82) is 0 Å². The second-order valence-electron chi connectivity index (χ2n) is 5.45. The van der Waals surface area contributed by atoms with E-state index in [0.717, 1.165) is 6.07 Å². The first-order valence-electron chi connectivity index (χ1n) is 7.19. The van der Waals surface area contributed by atoms with Crippen LogP contribution in [0.4, 0.5) is 13.2 Å². The fourth-order valence-electron chi connectivity index (χ4n) is 2.06. The number of aromatic nitrogens is 1. The molecule has 0 N–H and O–H groups in total. The Labute approximate surface area is 142 Å². The molecule has 2 aromatic rings. The molecule has 1 heterocycles. The van der Waals surface area contributed by atoms with Gasteiger partial charge in [-0.15, -0.1) is 0 Å². The average Bonchev–Trinajstić information content (AvgIpc) is 2.52. The maximum atomic E-state index is 12.9. The summed E-state index contributed by atoms with van der Waals surface area (Å²) in [6.07, 6.45) is -4.52. The zero-order valence-corrected chi connectivity index (χ0v) is 13.8. The third-order valence-electron chi connectivity index (χ3n) is 3.33. The summed E-state index contributed by atoms with van der Waals surface area (Å²) < 4.78 is 43.8. The van der Waals surface area contributed by atoms with Crippen LogP contribution in [0.3, 0.4) is 0 Å². The number of pyridine rings is 1. The second kappa shape index (κ2) is 7.21. The summed E-state index contributed by atoms with van der Waals surface area (Å²) >= 11 is 5.94. The highest BCUT2D eigenvalue weighted by molar-refractivity contribution is 6.33. The Morgan fingerprint density at radius 1 is 1.21 bits per heavy atom. The van der Waals surface area contributed by atoms with Gasteiger partial charge in [0.05, 0.1) is 10.6 Å². The van der Waals surface area contributed by atoms with E-state index in [4.69, 9.17) is 16.3 Å². The van der Waals surface area contributed by atoms with Crippen LogP contribution in [-0.2, 0) is 17.5 Å². The summed E-state index contributed by atoms with van der Waals surface area (Å²) in [5.74, 6) is -0.792. The zero-order chi connectivity index (χ0) is 17.9. The van der Waals surface area contributed by atoms with E-state index in [2.05, 4.69) is 4.98 Å². The topological polar surface area (TPSA) is 39.2 Å². The van der Waals surface area contributed by atoms with Gasteiger partial charge in [-0.25, -0.2) is 9.78 Å². The number of carbonyl (C=O) groups is 1. The molecular weight excluding hydrogens is 343 g/mol. The Bertz CT molecular complexity index is 745. The Morgan fingerprint density at radius 3 is 2.50 bits per heavy atom. The Morgan fingerprint density at radius 2 is 1.88 bits per heavy atom. The minimum atomic E-state index is -4.52. The van der Waals surface area contributed by atoms with E-state index in [9.17, 15) is 18.0 Å². The molecule has 2 rings (SSSR count). The lowest BCUT2D eigenvalue weighted by atomic mass is 10.1. The van der Waals surface area contributed by atoms with Crippen LogP contribution >= 0.6 is 11.6 Å². The number of ether oxygens (including phenoxy) is 1. The van der Waals surface area contributed by atoms with Gasteiger partial charge in [0.25, 0.3) is 0 Å². The molecule has 0 aliphatic rings. The quantitative estimate of drug-likeness (QED) is 0.703. The highest BCUT2D eigenvalue weighted by Gasteiger charge is 2.33. The second-order valence-corrected chi connectivity index (χ2v) is 5.86. The maximum absolute atomic E-state index is 12.9. The highest BCUT2D eigenvalue weighted by Crippen LogP contribution is 2.32. The van der Waals surface area contributed by atoms with Crippen LogP contribution in [0, 0.1) is 0 Å². The summed E-state index contributed by atoms with van der Waals surface area (Å²) in [5.41, 5.74) is -0.434. The molecule has 3 nitrogen and oxygen atoms in total. The molecule has 1 aromatic carbocycles. The molecule has 0 aliphatic heterocycles. The number of benzene rings is 1. The van der Waals surface area contributed by atoms with Gasteiger partial charge in [-0.05, 0) is 24.1 Å². The van der Waals surface area contributed by atoms with E-state index in [1.165, 1.54) is 24.3 Å². The third kappa shape index (κ3) is 4.26. The fraction of sp³-hybridized carbons (Fsp3) is 0.294. The minimum absolute atomic E-state index is 0.0692. The molecular formula is C17H15ClF3NO2. The number of carbonyl (C=O) groups excluding carboxylic acids is 1. The first-order valence-corrected chi connectivity index (χ1v) is 7.56. The van der Waals surface area contributed by atoms with Crippen LogP contribution < -0.4 is 0 Å². The lowest BCUT2D eigenvalue weighted by Crippen LogP contribution is -2.13. The molecule has 7 heteroatoms. The van der Waals surface area contributed by atoms with E-state index < -0.39 is 24.3 Å². The largest absolute Gasteiger partial charge is 0.456 e. The molecule has 0 aliphatic carbocycles. The van der Waals surface area contributed by atoms with Gasteiger partial charge in [0.15, 0.2) is 5.69 Å². The van der Waals surface area contributed by atoms with Crippen molar-refractivity contribution in [2.75, 3.05) is 0 Å². The SMILES string of the molecule is CC(C)c1ccc(Cl)c(C(=O)OCc2ccccc2C(F)(F)F)n1. The van der Waals surface area contributed by atoms with Crippen LogP contribution in [0.25, 0.3) is 0 Å². The molecule has 0 atom stereocenters. The fourth-order valence-corrected chi connectivity index (χ4v) is 2.24. The first kappa shape index (κ1) is 18.3. The van der Waals surface area contributed by atoms with Crippen LogP contribution in [-0.4, -0.2) is 11.0 Å². The van der Waals surface area contributed by atoms with Gasteiger partial charge in [0.1, 0.15) is 6.61 Å².